The van der Waals surface area contributed by atoms with Crippen molar-refractivity contribution in [2.75, 3.05) is 18.1 Å². The van der Waals surface area contributed by atoms with Gasteiger partial charge in [0.25, 0.3) is 0 Å². The highest BCUT2D eigenvalue weighted by Crippen LogP contribution is 2.41. The Hall–Kier alpha value is -4.67. The zero-order valence-corrected chi connectivity index (χ0v) is 30.3. The number of aromatic nitrogens is 3. The minimum absolute atomic E-state index is 0.0607. The van der Waals surface area contributed by atoms with Crippen molar-refractivity contribution in [3.05, 3.63) is 54.1 Å². The number of Topliss-reactive ketones (excluding diaryl/α,β-unsaturated/α-hetero) is 2. The minimum Gasteiger partial charge on any atom is -0.463 e. The number of ketones is 2. The molecule has 2 amide bonds. The molecule has 3 aromatic rings. The summed E-state index contributed by atoms with van der Waals surface area (Å²) in [5.41, 5.74) is 4.25. The van der Waals surface area contributed by atoms with E-state index in [1.807, 2.05) is 48.5 Å². The molecule has 2 aromatic carbocycles. The van der Waals surface area contributed by atoms with Gasteiger partial charge in [-0.15, -0.1) is 5.10 Å². The Morgan fingerprint density at radius 2 is 1.40 bits per heavy atom. The van der Waals surface area contributed by atoms with Gasteiger partial charge in [-0.3, -0.25) is 24.0 Å². The Morgan fingerprint density at radius 3 is 2.06 bits per heavy atom. The largest absolute Gasteiger partial charge is 0.463 e. The van der Waals surface area contributed by atoms with Crippen molar-refractivity contribution in [3.63, 3.8) is 0 Å². The maximum absolute atomic E-state index is 13.8. The van der Waals surface area contributed by atoms with Gasteiger partial charge in [0.1, 0.15) is 36.8 Å². The second-order valence-corrected chi connectivity index (χ2v) is 15.4. The van der Waals surface area contributed by atoms with Crippen LogP contribution in [-0.4, -0.2) is 57.5 Å². The number of hydrogen-bond acceptors (Lipinski definition) is 8. The molecule has 0 aliphatic carbocycles. The lowest BCUT2D eigenvalue weighted by atomic mass is 9.89. The van der Waals surface area contributed by atoms with Gasteiger partial charge in [-0.25, -0.2) is 4.68 Å². The maximum Gasteiger partial charge on any atom is 0.313 e. The average Bonchev–Trinajstić information content (AvgIpc) is 3.42. The van der Waals surface area contributed by atoms with E-state index in [4.69, 9.17) is 4.74 Å². The number of nitrogens with zero attached hydrogens (tertiary/aromatic N) is 4. The lowest BCUT2D eigenvalue weighted by Crippen LogP contribution is -2.34. The molecule has 0 radical (unpaired) electrons. The molecule has 11 nitrogen and oxygen atoms in total. The molecule has 268 valence electrons. The summed E-state index contributed by atoms with van der Waals surface area (Å²) in [5.74, 6) is -1.54. The van der Waals surface area contributed by atoms with Crippen LogP contribution < -0.4 is 10.2 Å². The normalized spacial score (nSPS) is 12.6. The van der Waals surface area contributed by atoms with Crippen LogP contribution in [0.5, 0.6) is 0 Å². The van der Waals surface area contributed by atoms with Crippen molar-refractivity contribution in [2.45, 2.75) is 106 Å². The van der Waals surface area contributed by atoms with E-state index in [0.29, 0.717) is 35.5 Å². The SMILES string of the molecule is CC(C)(C)CCCC(=O)CC(=O)OCCNC(=O)Cn1nnc2c1-c1ccccc1N(C(=O)CC(=O)CCCC(C)(C)C)Cc1ccccc1-2. The molecular formula is C39H51N5O6. The molecule has 1 aliphatic rings. The van der Waals surface area contributed by atoms with Gasteiger partial charge in [-0.2, -0.15) is 0 Å². The van der Waals surface area contributed by atoms with Gasteiger partial charge in [-0.1, -0.05) is 89.2 Å². The summed E-state index contributed by atoms with van der Waals surface area (Å²) in [6.07, 6.45) is 3.43. The van der Waals surface area contributed by atoms with E-state index in [1.165, 1.54) is 4.68 Å². The van der Waals surface area contributed by atoms with Crippen molar-refractivity contribution in [3.8, 4) is 22.5 Å². The Bertz CT molecular complexity index is 1700. The molecule has 0 saturated carbocycles. The number of benzene rings is 2. The predicted octanol–water partition coefficient (Wildman–Crippen LogP) is 6.47. The predicted molar refractivity (Wildman–Crippen MR) is 192 cm³/mol. The fourth-order valence-electron chi connectivity index (χ4n) is 5.98. The third kappa shape index (κ3) is 11.2. The Kier molecular flexibility index (Phi) is 12.8. The van der Waals surface area contributed by atoms with Gasteiger partial charge < -0.3 is 15.0 Å². The highest BCUT2D eigenvalue weighted by atomic mass is 16.5. The smallest absolute Gasteiger partial charge is 0.313 e. The molecular weight excluding hydrogens is 634 g/mol. The average molecular weight is 686 g/mol. The highest BCUT2D eigenvalue weighted by molar-refractivity contribution is 6.08. The molecule has 0 bridgehead atoms. The number of ether oxygens (including phenoxy) is 1. The van der Waals surface area contributed by atoms with Gasteiger partial charge in [-0.05, 0) is 48.1 Å². The first-order valence-electron chi connectivity index (χ1n) is 17.5. The van der Waals surface area contributed by atoms with E-state index in [9.17, 15) is 24.0 Å². The van der Waals surface area contributed by atoms with E-state index in [2.05, 4.69) is 57.2 Å². The van der Waals surface area contributed by atoms with Gasteiger partial charge in [0.05, 0.1) is 30.9 Å². The summed E-state index contributed by atoms with van der Waals surface area (Å²) >= 11 is 0. The Morgan fingerprint density at radius 1 is 0.800 bits per heavy atom. The lowest BCUT2D eigenvalue weighted by Gasteiger charge is -2.28. The number of carbonyl (C=O) groups is 5. The molecule has 0 spiro atoms. The van der Waals surface area contributed by atoms with Crippen molar-refractivity contribution < 1.29 is 28.7 Å². The summed E-state index contributed by atoms with van der Waals surface area (Å²) in [7, 11) is 0. The van der Waals surface area contributed by atoms with Crippen molar-refractivity contribution in [2.24, 2.45) is 10.8 Å². The van der Waals surface area contributed by atoms with Crippen LogP contribution in [0.2, 0.25) is 0 Å². The first-order valence-corrected chi connectivity index (χ1v) is 17.5. The number of amides is 2. The Balaban J connectivity index is 1.44. The number of rotatable bonds is 15. The first-order chi connectivity index (χ1) is 23.6. The molecule has 0 saturated heterocycles. The summed E-state index contributed by atoms with van der Waals surface area (Å²) in [6.45, 7) is 12.8. The lowest BCUT2D eigenvalue weighted by molar-refractivity contribution is -0.146. The summed E-state index contributed by atoms with van der Waals surface area (Å²) < 4.78 is 6.67. The van der Waals surface area contributed by atoms with Crippen LogP contribution in [0.4, 0.5) is 5.69 Å². The van der Waals surface area contributed by atoms with E-state index in [0.717, 1.165) is 36.8 Å². The zero-order valence-electron chi connectivity index (χ0n) is 30.3. The zero-order chi connectivity index (χ0) is 36.5. The fraction of sp³-hybridized carbons (Fsp3) is 0.513. The number of esters is 1. The number of fused-ring (bicyclic) bond motifs is 5. The molecule has 1 aliphatic heterocycles. The molecule has 11 heteroatoms. The summed E-state index contributed by atoms with van der Waals surface area (Å²) in [4.78, 5) is 65.7. The summed E-state index contributed by atoms with van der Waals surface area (Å²) in [5, 5.41) is 11.6. The van der Waals surface area contributed by atoms with Gasteiger partial charge >= 0.3 is 5.97 Å². The second kappa shape index (κ2) is 16.8. The van der Waals surface area contributed by atoms with Crippen LogP contribution >= 0.6 is 0 Å². The van der Waals surface area contributed by atoms with Crippen LogP contribution in [0.15, 0.2) is 48.5 Å². The van der Waals surface area contributed by atoms with Crippen molar-refractivity contribution in [1.29, 1.82) is 0 Å². The van der Waals surface area contributed by atoms with Crippen LogP contribution in [0.25, 0.3) is 22.5 Å². The van der Waals surface area contributed by atoms with Crippen LogP contribution in [0.3, 0.4) is 0 Å². The number of hydrogen-bond donors (Lipinski definition) is 1. The third-order valence-corrected chi connectivity index (χ3v) is 8.52. The maximum atomic E-state index is 13.8. The molecule has 0 unspecified atom stereocenters. The Labute approximate surface area is 295 Å². The monoisotopic (exact) mass is 685 g/mol. The van der Waals surface area contributed by atoms with Crippen LogP contribution in [0.1, 0.15) is 98.5 Å². The number of para-hydroxylation sites is 1. The fourth-order valence-corrected chi connectivity index (χ4v) is 5.98. The number of anilines is 1. The standard InChI is InChI=1S/C39H51N5O6/c1-38(2,3)19-11-14-28(45)23-34(48)43-25-27-13-7-8-16-30(27)36-37(31-17-9-10-18-32(31)43)44(42-41-36)26-33(47)40-21-22-50-35(49)24-29(46)15-12-20-39(4,5)6/h7-10,13,16-18H,11-12,14-15,19-26H2,1-6H3,(H,40,47). The molecule has 4 rings (SSSR count). The van der Waals surface area contributed by atoms with Gasteiger partial charge in [0.2, 0.25) is 11.8 Å². The van der Waals surface area contributed by atoms with E-state index >= 15 is 0 Å². The van der Waals surface area contributed by atoms with Crippen LogP contribution in [-0.2, 0) is 41.8 Å². The first kappa shape index (κ1) is 38.1. The highest BCUT2D eigenvalue weighted by Gasteiger charge is 2.30. The quantitative estimate of drug-likeness (QED) is 0.109. The second-order valence-electron chi connectivity index (χ2n) is 15.4. The van der Waals surface area contributed by atoms with Crippen molar-refractivity contribution >= 4 is 35.0 Å². The molecule has 0 fully saturated rings. The van der Waals surface area contributed by atoms with Gasteiger partial charge in [0, 0.05) is 24.0 Å². The molecule has 0 atom stereocenters. The minimum atomic E-state index is -0.612. The third-order valence-electron chi connectivity index (χ3n) is 8.52. The van der Waals surface area contributed by atoms with E-state index in [-0.39, 0.29) is 73.3 Å². The summed E-state index contributed by atoms with van der Waals surface area (Å²) in [6, 6.07) is 15.0. The molecule has 2 heterocycles. The molecule has 50 heavy (non-hydrogen) atoms. The van der Waals surface area contributed by atoms with Crippen LogP contribution in [0, 0.1) is 10.8 Å². The van der Waals surface area contributed by atoms with Gasteiger partial charge in [0.15, 0.2) is 0 Å². The topological polar surface area (TPSA) is 141 Å². The van der Waals surface area contributed by atoms with Crippen molar-refractivity contribution in [1.82, 2.24) is 20.3 Å². The van der Waals surface area contributed by atoms with E-state index < -0.39 is 5.97 Å². The number of carbonyl (C=O) groups excluding carboxylic acids is 5. The molecule has 1 aromatic heterocycles. The number of nitrogens with one attached hydrogen (secondary N) is 1. The van der Waals surface area contributed by atoms with E-state index in [1.54, 1.807) is 4.90 Å². The molecule has 1 N–H and O–H groups in total.